The second-order valence-corrected chi connectivity index (χ2v) is 3.46. The molecular formula is C10H9N5O4. The predicted octanol–water partition coefficient (Wildman–Crippen LogP) is 0.952. The van der Waals surface area contributed by atoms with Gasteiger partial charge in [0.05, 0.1) is 17.1 Å². The first-order valence-corrected chi connectivity index (χ1v) is 5.33. The van der Waals surface area contributed by atoms with Crippen LogP contribution < -0.4 is 0 Å². The van der Waals surface area contributed by atoms with E-state index in [0.717, 1.165) is 0 Å². The van der Waals surface area contributed by atoms with Crippen LogP contribution in [0.15, 0.2) is 18.2 Å². The van der Waals surface area contributed by atoms with Crippen molar-refractivity contribution in [2.75, 3.05) is 6.61 Å². The summed E-state index contributed by atoms with van der Waals surface area (Å²) < 4.78 is 4.88. The fourth-order valence-corrected chi connectivity index (χ4v) is 1.50. The van der Waals surface area contributed by atoms with Gasteiger partial charge >= 0.3 is 5.97 Å². The molecule has 2 aromatic rings. The maximum atomic E-state index is 11.8. The third kappa shape index (κ3) is 2.54. The lowest BCUT2D eigenvalue weighted by molar-refractivity contribution is -0.384. The van der Waals surface area contributed by atoms with Gasteiger partial charge in [-0.3, -0.25) is 10.1 Å². The van der Waals surface area contributed by atoms with Crippen molar-refractivity contribution in [2.45, 2.75) is 6.92 Å². The molecule has 1 aromatic heterocycles. The smallest absolute Gasteiger partial charge is 0.338 e. The number of H-pyrrole nitrogens is 1. The van der Waals surface area contributed by atoms with E-state index in [4.69, 9.17) is 4.74 Å². The summed E-state index contributed by atoms with van der Waals surface area (Å²) in [5.41, 5.74) is 0.211. The molecule has 0 radical (unpaired) electrons. The molecule has 9 nitrogen and oxygen atoms in total. The average molecular weight is 263 g/mol. The number of hydrogen-bond acceptors (Lipinski definition) is 7. The third-order valence-corrected chi connectivity index (χ3v) is 2.31. The number of carbonyl (C=O) groups is 1. The van der Waals surface area contributed by atoms with E-state index < -0.39 is 10.9 Å². The molecule has 19 heavy (non-hydrogen) atoms. The zero-order valence-corrected chi connectivity index (χ0v) is 9.86. The van der Waals surface area contributed by atoms with E-state index >= 15 is 0 Å². The zero-order chi connectivity index (χ0) is 13.8. The van der Waals surface area contributed by atoms with Gasteiger partial charge in [-0.15, -0.1) is 5.10 Å². The molecule has 0 aliphatic carbocycles. The standard InChI is InChI=1S/C10H9N5O4/c1-2-19-10(16)7-4-3-6(15(17)18)5-8(7)9-11-13-14-12-9/h3-5H,2H2,1H3,(H,11,12,13,14). The number of tetrazole rings is 1. The Hall–Kier alpha value is -2.84. The fraction of sp³-hybridized carbons (Fsp3) is 0.200. The number of benzene rings is 1. The van der Waals surface area contributed by atoms with Crippen LogP contribution in [-0.4, -0.2) is 38.1 Å². The highest BCUT2D eigenvalue weighted by molar-refractivity contribution is 5.96. The van der Waals surface area contributed by atoms with Gasteiger partial charge in [-0.1, -0.05) is 0 Å². The molecule has 0 aliphatic heterocycles. The van der Waals surface area contributed by atoms with E-state index in [1.807, 2.05) is 0 Å². The summed E-state index contributed by atoms with van der Waals surface area (Å²) >= 11 is 0. The van der Waals surface area contributed by atoms with Crippen molar-refractivity contribution in [1.82, 2.24) is 20.6 Å². The van der Waals surface area contributed by atoms with Crippen LogP contribution in [0.3, 0.4) is 0 Å². The second-order valence-electron chi connectivity index (χ2n) is 3.46. The van der Waals surface area contributed by atoms with Crippen LogP contribution >= 0.6 is 0 Å². The summed E-state index contributed by atoms with van der Waals surface area (Å²) in [4.78, 5) is 22.0. The van der Waals surface area contributed by atoms with Gasteiger partial charge in [-0.05, 0) is 23.4 Å². The monoisotopic (exact) mass is 263 g/mol. The number of non-ortho nitro benzene ring substituents is 1. The van der Waals surface area contributed by atoms with E-state index in [2.05, 4.69) is 20.6 Å². The minimum atomic E-state index is -0.594. The number of esters is 1. The Morgan fingerprint density at radius 3 is 2.89 bits per heavy atom. The van der Waals surface area contributed by atoms with E-state index in [1.54, 1.807) is 6.92 Å². The van der Waals surface area contributed by atoms with Crippen LogP contribution in [0.5, 0.6) is 0 Å². The van der Waals surface area contributed by atoms with E-state index in [9.17, 15) is 14.9 Å². The summed E-state index contributed by atoms with van der Waals surface area (Å²) in [6, 6.07) is 3.75. The van der Waals surface area contributed by atoms with Crippen molar-refractivity contribution >= 4 is 11.7 Å². The molecule has 0 unspecified atom stereocenters. The fourth-order valence-electron chi connectivity index (χ4n) is 1.50. The van der Waals surface area contributed by atoms with Crippen LogP contribution in [-0.2, 0) is 4.74 Å². The van der Waals surface area contributed by atoms with E-state index in [-0.39, 0.29) is 29.2 Å². The largest absolute Gasteiger partial charge is 0.462 e. The maximum absolute atomic E-state index is 11.8. The highest BCUT2D eigenvalue weighted by Gasteiger charge is 2.20. The summed E-state index contributed by atoms with van der Waals surface area (Å²) in [5.74, 6) is -0.435. The van der Waals surface area contributed by atoms with Gasteiger partial charge in [0, 0.05) is 17.7 Å². The number of rotatable bonds is 4. The number of ether oxygens (including phenoxy) is 1. The number of nitro benzene ring substituents is 1. The molecule has 0 amide bonds. The summed E-state index contributed by atoms with van der Waals surface area (Å²) in [6.45, 7) is 1.86. The van der Waals surface area contributed by atoms with Crippen LogP contribution in [0.1, 0.15) is 17.3 Å². The maximum Gasteiger partial charge on any atom is 0.338 e. The first-order chi connectivity index (χ1) is 9.13. The summed E-state index contributed by atoms with van der Waals surface area (Å²) in [6.07, 6.45) is 0. The topological polar surface area (TPSA) is 124 Å². The lowest BCUT2D eigenvalue weighted by atomic mass is 10.1. The van der Waals surface area contributed by atoms with Gasteiger partial charge in [0.15, 0.2) is 5.82 Å². The van der Waals surface area contributed by atoms with Crippen LogP contribution in [0.4, 0.5) is 5.69 Å². The molecule has 0 spiro atoms. The Morgan fingerprint density at radius 2 is 2.32 bits per heavy atom. The van der Waals surface area contributed by atoms with Crippen LogP contribution in [0, 0.1) is 10.1 Å². The van der Waals surface area contributed by atoms with Crippen LogP contribution in [0.25, 0.3) is 11.4 Å². The first-order valence-electron chi connectivity index (χ1n) is 5.33. The number of carbonyl (C=O) groups excluding carboxylic acids is 1. The predicted molar refractivity (Wildman–Crippen MR) is 62.2 cm³/mol. The molecule has 0 bridgehead atoms. The molecule has 0 saturated heterocycles. The Morgan fingerprint density at radius 1 is 1.53 bits per heavy atom. The molecule has 9 heteroatoms. The lowest BCUT2D eigenvalue weighted by Gasteiger charge is -2.05. The van der Waals surface area contributed by atoms with Crippen molar-refractivity contribution in [3.63, 3.8) is 0 Å². The van der Waals surface area contributed by atoms with Crippen molar-refractivity contribution in [1.29, 1.82) is 0 Å². The number of nitrogens with one attached hydrogen (secondary N) is 1. The van der Waals surface area contributed by atoms with Gasteiger partial charge in [0.1, 0.15) is 0 Å². The average Bonchev–Trinajstić information content (AvgIpc) is 2.92. The van der Waals surface area contributed by atoms with Crippen molar-refractivity contribution in [3.05, 3.63) is 33.9 Å². The molecule has 1 heterocycles. The zero-order valence-electron chi connectivity index (χ0n) is 9.86. The van der Waals surface area contributed by atoms with Gasteiger partial charge in [-0.2, -0.15) is 0 Å². The van der Waals surface area contributed by atoms with E-state index in [1.165, 1.54) is 18.2 Å². The highest BCUT2D eigenvalue weighted by Crippen LogP contribution is 2.25. The number of aromatic nitrogens is 4. The molecule has 0 saturated carbocycles. The molecule has 0 aliphatic rings. The quantitative estimate of drug-likeness (QED) is 0.494. The highest BCUT2D eigenvalue weighted by atomic mass is 16.6. The van der Waals surface area contributed by atoms with Gasteiger partial charge in [-0.25, -0.2) is 9.89 Å². The second kappa shape index (κ2) is 5.21. The first kappa shape index (κ1) is 12.6. The Balaban J connectivity index is 2.54. The minimum absolute atomic E-state index is 0.158. The number of nitrogens with zero attached hydrogens (tertiary/aromatic N) is 4. The molecule has 2 rings (SSSR count). The molecule has 1 aromatic carbocycles. The Labute approximate surface area is 106 Å². The summed E-state index contributed by atoms with van der Waals surface area (Å²) in [7, 11) is 0. The summed E-state index contributed by atoms with van der Waals surface area (Å²) in [5, 5.41) is 23.6. The Bertz CT molecular complexity index is 610. The van der Waals surface area contributed by atoms with Crippen molar-refractivity contribution < 1.29 is 14.5 Å². The number of hydrogen-bond donors (Lipinski definition) is 1. The van der Waals surface area contributed by atoms with Gasteiger partial charge in [0.25, 0.3) is 5.69 Å². The molecule has 98 valence electrons. The molecule has 0 atom stereocenters. The van der Waals surface area contributed by atoms with Crippen LogP contribution in [0.2, 0.25) is 0 Å². The normalized spacial score (nSPS) is 10.2. The SMILES string of the molecule is CCOC(=O)c1ccc([N+](=O)[O-])cc1-c1nnn[nH]1. The van der Waals surface area contributed by atoms with Gasteiger partial charge < -0.3 is 4.74 Å². The lowest BCUT2D eigenvalue weighted by Crippen LogP contribution is -2.07. The molecule has 1 N–H and O–H groups in total. The minimum Gasteiger partial charge on any atom is -0.462 e. The number of aromatic amines is 1. The number of nitro groups is 1. The van der Waals surface area contributed by atoms with E-state index in [0.29, 0.717) is 0 Å². The Kier molecular flexibility index (Phi) is 3.46. The van der Waals surface area contributed by atoms with Crippen molar-refractivity contribution in [2.24, 2.45) is 0 Å². The van der Waals surface area contributed by atoms with Gasteiger partial charge in [0.2, 0.25) is 0 Å². The molecule has 0 fully saturated rings. The third-order valence-electron chi connectivity index (χ3n) is 2.31. The molecular weight excluding hydrogens is 254 g/mol. The van der Waals surface area contributed by atoms with Crippen molar-refractivity contribution in [3.8, 4) is 11.4 Å².